The summed E-state index contributed by atoms with van der Waals surface area (Å²) < 4.78 is 0. The quantitative estimate of drug-likeness (QED) is 0.816. The Hall–Kier alpha value is -0.940. The van der Waals surface area contributed by atoms with Gasteiger partial charge in [-0.25, -0.2) is 0 Å². The van der Waals surface area contributed by atoms with Crippen molar-refractivity contribution in [2.75, 3.05) is 20.1 Å². The maximum atomic E-state index is 11.1. The molecule has 2 aliphatic rings. The van der Waals surface area contributed by atoms with Crippen LogP contribution in [0.25, 0.3) is 0 Å². The van der Waals surface area contributed by atoms with Crippen molar-refractivity contribution in [2.24, 2.45) is 0 Å². The molecular weight excluding hydrogens is 304 g/mol. The molecule has 24 heavy (non-hydrogen) atoms. The van der Waals surface area contributed by atoms with Gasteiger partial charge in [-0.15, -0.1) is 0 Å². The minimum Gasteiger partial charge on any atom is -0.480 e. The van der Waals surface area contributed by atoms with Crippen LogP contribution in [0.3, 0.4) is 0 Å². The van der Waals surface area contributed by atoms with Crippen LogP contribution in [0.1, 0.15) is 79.6 Å². The normalized spacial score (nSPS) is 23.2. The molecule has 2 fully saturated rings. The largest absolute Gasteiger partial charge is 0.480 e. The summed E-state index contributed by atoms with van der Waals surface area (Å²) in [5.41, 5.74) is 0. The van der Waals surface area contributed by atoms with Crippen LogP contribution in [0.4, 0.5) is 0 Å². The van der Waals surface area contributed by atoms with Crippen LogP contribution in [0.5, 0.6) is 0 Å². The Morgan fingerprint density at radius 3 is 2.00 bits per heavy atom. The minimum absolute atomic E-state index is 0.179. The third-order valence-electron chi connectivity index (χ3n) is 4.10. The lowest BCUT2D eigenvalue weighted by atomic mass is 10.00. The number of hydrogen-bond acceptors (Lipinski definition) is 4. The summed E-state index contributed by atoms with van der Waals surface area (Å²) in [6.45, 7) is 11.9. The van der Waals surface area contributed by atoms with E-state index in [2.05, 4.69) is 5.32 Å². The van der Waals surface area contributed by atoms with Crippen molar-refractivity contribution < 1.29 is 14.7 Å². The molecule has 5 heteroatoms. The van der Waals surface area contributed by atoms with Crippen molar-refractivity contribution in [3.05, 3.63) is 0 Å². The van der Waals surface area contributed by atoms with Crippen molar-refractivity contribution >= 4 is 11.8 Å². The van der Waals surface area contributed by atoms with Crippen molar-refractivity contribution in [2.45, 2.75) is 91.6 Å². The summed E-state index contributed by atoms with van der Waals surface area (Å²) in [5, 5.41) is 11.9. The van der Waals surface area contributed by atoms with Gasteiger partial charge in [-0.05, 0) is 45.8 Å². The smallest absolute Gasteiger partial charge is 0.320 e. The molecule has 2 unspecified atom stereocenters. The molecule has 2 N–H and O–H groups in total. The van der Waals surface area contributed by atoms with E-state index < -0.39 is 5.97 Å². The number of nitrogens with one attached hydrogen (secondary N) is 1. The van der Waals surface area contributed by atoms with Crippen molar-refractivity contribution in [1.82, 2.24) is 10.2 Å². The molecule has 0 spiro atoms. The average molecular weight is 345 g/mol. The van der Waals surface area contributed by atoms with E-state index in [1.54, 1.807) is 0 Å². The Balaban J connectivity index is 0. The Kier molecular flexibility index (Phi) is 17.8. The van der Waals surface area contributed by atoms with Gasteiger partial charge in [0.1, 0.15) is 11.8 Å². The molecule has 0 radical (unpaired) electrons. The van der Waals surface area contributed by atoms with Crippen LogP contribution in [0.15, 0.2) is 0 Å². The standard InChI is InChI=1S/C8H15NO.C7H13NO2.2C2H6/c1-2-8(10)7-5-3-4-6-9-7;1-8-5-3-2-4-6(8)7(9)10;2*1-2/h7,9H,2-6H2,1H3;6H,2-5H2,1H3,(H,9,10);2*1-2H3. The van der Waals surface area contributed by atoms with E-state index in [1.807, 2.05) is 46.6 Å². The van der Waals surface area contributed by atoms with E-state index in [9.17, 15) is 9.59 Å². The van der Waals surface area contributed by atoms with E-state index in [1.165, 1.54) is 12.8 Å². The molecular formula is C19H40N2O3. The van der Waals surface area contributed by atoms with Gasteiger partial charge in [-0.2, -0.15) is 0 Å². The van der Waals surface area contributed by atoms with Crippen molar-refractivity contribution in [1.29, 1.82) is 0 Å². The Bertz CT molecular complexity index is 316. The van der Waals surface area contributed by atoms with E-state index in [0.717, 1.165) is 38.8 Å². The van der Waals surface area contributed by atoms with Crippen LogP contribution in [0, 0.1) is 0 Å². The number of carbonyl (C=O) groups excluding carboxylic acids is 1. The van der Waals surface area contributed by atoms with Crippen LogP contribution in [-0.4, -0.2) is 54.0 Å². The lowest BCUT2D eigenvalue weighted by Crippen LogP contribution is -2.41. The van der Waals surface area contributed by atoms with E-state index in [4.69, 9.17) is 5.11 Å². The summed E-state index contributed by atoms with van der Waals surface area (Å²) in [6.07, 6.45) is 7.18. The maximum absolute atomic E-state index is 11.1. The van der Waals surface area contributed by atoms with Crippen molar-refractivity contribution in [3.63, 3.8) is 0 Å². The monoisotopic (exact) mass is 344 g/mol. The Morgan fingerprint density at radius 1 is 1.04 bits per heavy atom. The Labute approximate surface area is 149 Å². The third kappa shape index (κ3) is 10.8. The topological polar surface area (TPSA) is 69.6 Å². The van der Waals surface area contributed by atoms with Gasteiger partial charge in [0.25, 0.3) is 0 Å². The van der Waals surface area contributed by atoms with E-state index in [-0.39, 0.29) is 12.1 Å². The van der Waals surface area contributed by atoms with Gasteiger partial charge < -0.3 is 10.4 Å². The fraction of sp³-hybridized carbons (Fsp3) is 0.895. The lowest BCUT2D eigenvalue weighted by Gasteiger charge is -2.28. The molecule has 0 aromatic carbocycles. The molecule has 2 atom stereocenters. The van der Waals surface area contributed by atoms with Gasteiger partial charge in [0, 0.05) is 6.42 Å². The predicted molar refractivity (Wildman–Crippen MR) is 102 cm³/mol. The first-order chi connectivity index (χ1) is 11.6. The average Bonchev–Trinajstić information content (AvgIpc) is 2.66. The summed E-state index contributed by atoms with van der Waals surface area (Å²) >= 11 is 0. The van der Waals surface area contributed by atoms with Gasteiger partial charge in [-0.1, -0.05) is 47.5 Å². The van der Waals surface area contributed by atoms with E-state index in [0.29, 0.717) is 12.2 Å². The number of aliphatic carboxylic acids is 1. The Morgan fingerprint density at radius 2 is 1.62 bits per heavy atom. The number of carboxylic acid groups (broad SMARTS) is 1. The lowest BCUT2D eigenvalue weighted by molar-refractivity contribution is -0.143. The number of likely N-dealkylation sites (N-methyl/N-ethyl adjacent to an activating group) is 1. The predicted octanol–water partition coefficient (Wildman–Crippen LogP) is 3.72. The maximum Gasteiger partial charge on any atom is 0.320 e. The van der Waals surface area contributed by atoms with Crippen LogP contribution < -0.4 is 5.32 Å². The van der Waals surface area contributed by atoms with Crippen LogP contribution in [0.2, 0.25) is 0 Å². The molecule has 2 heterocycles. The molecule has 5 nitrogen and oxygen atoms in total. The number of nitrogens with zero attached hydrogens (tertiary/aromatic N) is 1. The summed E-state index contributed by atoms with van der Waals surface area (Å²) in [7, 11) is 1.87. The molecule has 0 aliphatic carbocycles. The number of carbonyl (C=O) groups is 2. The van der Waals surface area contributed by atoms with Gasteiger partial charge in [-0.3, -0.25) is 14.5 Å². The van der Waals surface area contributed by atoms with Crippen LogP contribution >= 0.6 is 0 Å². The fourth-order valence-corrected chi connectivity index (χ4v) is 2.76. The SMILES string of the molecule is CC.CC.CCC(=O)C1CCCCN1.CN1CCCCC1C(=O)O. The molecule has 2 saturated heterocycles. The molecule has 0 aromatic heterocycles. The molecule has 2 rings (SSSR count). The molecule has 144 valence electrons. The highest BCUT2D eigenvalue weighted by atomic mass is 16.4. The van der Waals surface area contributed by atoms with Crippen molar-refractivity contribution in [3.8, 4) is 0 Å². The summed E-state index contributed by atoms with van der Waals surface area (Å²) in [4.78, 5) is 23.5. The molecule has 0 amide bonds. The zero-order valence-corrected chi connectivity index (χ0v) is 16.7. The second kappa shape index (κ2) is 16.9. The summed E-state index contributed by atoms with van der Waals surface area (Å²) in [6, 6.07) is -0.0486. The number of Topliss-reactive ketones (excluding diaryl/α,β-unsaturated/α-hetero) is 1. The second-order valence-corrected chi connectivity index (χ2v) is 5.65. The van der Waals surface area contributed by atoms with Gasteiger partial charge in [0.2, 0.25) is 0 Å². The summed E-state index contributed by atoms with van der Waals surface area (Å²) in [5.74, 6) is -0.304. The second-order valence-electron chi connectivity index (χ2n) is 5.65. The first kappa shape index (κ1) is 25.3. The third-order valence-corrected chi connectivity index (χ3v) is 4.10. The molecule has 2 aliphatic heterocycles. The fourth-order valence-electron chi connectivity index (χ4n) is 2.76. The zero-order chi connectivity index (χ0) is 19.0. The number of likely N-dealkylation sites (tertiary alicyclic amines) is 1. The van der Waals surface area contributed by atoms with Gasteiger partial charge >= 0.3 is 5.97 Å². The number of rotatable bonds is 3. The van der Waals surface area contributed by atoms with E-state index >= 15 is 0 Å². The number of hydrogen-bond donors (Lipinski definition) is 2. The van der Waals surface area contributed by atoms with Gasteiger partial charge in [0.05, 0.1) is 6.04 Å². The first-order valence-corrected chi connectivity index (χ1v) is 9.75. The van der Waals surface area contributed by atoms with Gasteiger partial charge in [0.15, 0.2) is 0 Å². The zero-order valence-electron chi connectivity index (χ0n) is 16.7. The van der Waals surface area contributed by atoms with Crippen LogP contribution in [-0.2, 0) is 9.59 Å². The minimum atomic E-state index is -0.679. The first-order valence-electron chi connectivity index (χ1n) is 9.75. The highest BCUT2D eigenvalue weighted by Crippen LogP contribution is 2.14. The molecule has 0 saturated carbocycles. The highest BCUT2D eigenvalue weighted by Gasteiger charge is 2.24. The highest BCUT2D eigenvalue weighted by molar-refractivity contribution is 5.83. The molecule has 0 bridgehead atoms. The number of piperidine rings is 2. The molecule has 0 aromatic rings. The number of ketones is 1. The number of carboxylic acids is 1.